The van der Waals surface area contributed by atoms with E-state index in [2.05, 4.69) is 0 Å². The monoisotopic (exact) mass is 240 g/mol. The topological polar surface area (TPSA) is 77.8 Å². The lowest BCUT2D eigenvalue weighted by Gasteiger charge is -2.25. The quantitative estimate of drug-likeness (QED) is 0.740. The first-order valence-corrected chi connectivity index (χ1v) is 5.43. The molecule has 0 saturated heterocycles. The third-order valence-corrected chi connectivity index (χ3v) is 3.48. The van der Waals surface area contributed by atoms with Crippen LogP contribution in [-0.4, -0.2) is 21.3 Å². The molecule has 5 heteroatoms. The van der Waals surface area contributed by atoms with E-state index in [1.807, 2.05) is 0 Å². The molecule has 2 rings (SSSR count). The fraction of sp³-hybridized carbons (Fsp3) is 0.417. The predicted octanol–water partition coefficient (Wildman–Crippen LogP) is 2.13. The Morgan fingerprint density at radius 3 is 2.35 bits per heavy atom. The second-order valence-electron chi connectivity index (χ2n) is 4.39. The fourth-order valence-electron chi connectivity index (χ4n) is 2.52. The zero-order chi connectivity index (χ0) is 12.6. The molecule has 0 heterocycles. The van der Waals surface area contributed by atoms with Crippen molar-refractivity contribution in [2.24, 2.45) is 0 Å². The summed E-state index contributed by atoms with van der Waals surface area (Å²) in [6.07, 6.45) is 2.21. The van der Waals surface area contributed by atoms with Gasteiger partial charge in [-0.25, -0.2) is 0 Å². The van der Waals surface area contributed by atoms with Crippen molar-refractivity contribution in [3.05, 3.63) is 23.5 Å². The Morgan fingerprint density at radius 2 is 1.82 bits per heavy atom. The predicted molar refractivity (Wildman–Crippen MR) is 57.5 cm³/mol. The molecule has 1 aliphatic carbocycles. The average Bonchev–Trinajstić information content (AvgIpc) is 2.76. The number of carboxylic acid groups (broad SMARTS) is 1. The van der Waals surface area contributed by atoms with Crippen LogP contribution in [0.1, 0.15) is 31.2 Å². The van der Waals surface area contributed by atoms with E-state index in [9.17, 15) is 19.4 Å². The van der Waals surface area contributed by atoms with Gasteiger partial charge in [0, 0.05) is 5.56 Å². The summed E-state index contributed by atoms with van der Waals surface area (Å²) >= 11 is 0. The second kappa shape index (κ2) is 3.91. The molecule has 0 spiro atoms. The highest BCUT2D eigenvalue weighted by Crippen LogP contribution is 2.46. The molecule has 0 atom stereocenters. The number of halogens is 1. The van der Waals surface area contributed by atoms with Gasteiger partial charge in [0.15, 0.2) is 11.5 Å². The van der Waals surface area contributed by atoms with Gasteiger partial charge in [-0.2, -0.15) is 4.39 Å². The van der Waals surface area contributed by atoms with E-state index in [1.165, 1.54) is 6.07 Å². The average molecular weight is 240 g/mol. The number of benzene rings is 1. The summed E-state index contributed by atoms with van der Waals surface area (Å²) in [5.41, 5.74) is -1.17. The highest BCUT2D eigenvalue weighted by atomic mass is 19.1. The van der Waals surface area contributed by atoms with Crippen LogP contribution in [0.15, 0.2) is 12.1 Å². The number of hydrogen-bond donors (Lipinski definition) is 3. The summed E-state index contributed by atoms with van der Waals surface area (Å²) in [7, 11) is 0. The molecule has 0 aromatic heterocycles. The number of carbonyl (C=O) groups is 1. The first-order valence-electron chi connectivity index (χ1n) is 5.43. The minimum atomic E-state index is -1.22. The summed E-state index contributed by atoms with van der Waals surface area (Å²) in [6, 6.07) is 2.36. The third-order valence-electron chi connectivity index (χ3n) is 3.48. The summed E-state index contributed by atoms with van der Waals surface area (Å²) in [6.45, 7) is 0. The van der Waals surface area contributed by atoms with Crippen molar-refractivity contribution < 1.29 is 24.5 Å². The van der Waals surface area contributed by atoms with Crippen LogP contribution >= 0.6 is 0 Å². The fourth-order valence-corrected chi connectivity index (χ4v) is 2.52. The van der Waals surface area contributed by atoms with Crippen molar-refractivity contribution >= 4 is 5.97 Å². The molecular formula is C12H13FO4. The molecule has 17 heavy (non-hydrogen) atoms. The number of aromatic hydroxyl groups is 2. The van der Waals surface area contributed by atoms with Gasteiger partial charge in [-0.3, -0.25) is 4.79 Å². The molecule has 1 aromatic rings. The Balaban J connectivity index is 2.59. The molecule has 0 radical (unpaired) electrons. The molecule has 3 N–H and O–H groups in total. The van der Waals surface area contributed by atoms with Crippen LogP contribution in [0.5, 0.6) is 11.5 Å². The zero-order valence-electron chi connectivity index (χ0n) is 9.11. The molecule has 1 aliphatic rings. The van der Waals surface area contributed by atoms with Gasteiger partial charge >= 0.3 is 5.97 Å². The van der Waals surface area contributed by atoms with Gasteiger partial charge in [-0.1, -0.05) is 18.9 Å². The summed E-state index contributed by atoms with van der Waals surface area (Å²) < 4.78 is 13.4. The third kappa shape index (κ3) is 1.62. The Bertz CT molecular complexity index is 464. The van der Waals surface area contributed by atoms with E-state index in [1.54, 1.807) is 0 Å². The molecule has 1 fully saturated rings. The molecule has 1 aromatic carbocycles. The van der Waals surface area contributed by atoms with Crippen molar-refractivity contribution in [2.75, 3.05) is 0 Å². The second-order valence-corrected chi connectivity index (χ2v) is 4.39. The summed E-state index contributed by atoms with van der Waals surface area (Å²) in [4.78, 5) is 11.4. The molecule has 0 unspecified atom stereocenters. The molecule has 92 valence electrons. The van der Waals surface area contributed by atoms with E-state index < -0.39 is 28.7 Å². The van der Waals surface area contributed by atoms with Crippen LogP contribution < -0.4 is 0 Å². The summed E-state index contributed by atoms with van der Waals surface area (Å²) in [5, 5.41) is 28.1. The lowest BCUT2D eigenvalue weighted by atomic mass is 9.78. The molecule has 1 saturated carbocycles. The van der Waals surface area contributed by atoms with Gasteiger partial charge in [0.25, 0.3) is 0 Å². The van der Waals surface area contributed by atoms with Crippen molar-refractivity contribution in [1.29, 1.82) is 0 Å². The lowest BCUT2D eigenvalue weighted by Crippen LogP contribution is -2.32. The molecule has 4 nitrogen and oxygen atoms in total. The van der Waals surface area contributed by atoms with Crippen LogP contribution in [0.2, 0.25) is 0 Å². The number of carboxylic acids is 1. The van der Waals surface area contributed by atoms with Crippen molar-refractivity contribution in [1.82, 2.24) is 0 Å². The minimum absolute atomic E-state index is 0.0535. The maximum atomic E-state index is 13.4. The van der Waals surface area contributed by atoms with Gasteiger partial charge < -0.3 is 15.3 Å². The Kier molecular flexibility index (Phi) is 2.69. The molecular weight excluding hydrogens is 227 g/mol. The van der Waals surface area contributed by atoms with Gasteiger partial charge in [0.1, 0.15) is 0 Å². The van der Waals surface area contributed by atoms with Gasteiger partial charge in [0.2, 0.25) is 5.82 Å². The van der Waals surface area contributed by atoms with E-state index in [4.69, 9.17) is 5.11 Å². The van der Waals surface area contributed by atoms with Crippen LogP contribution in [0.4, 0.5) is 4.39 Å². The van der Waals surface area contributed by atoms with Crippen molar-refractivity contribution in [3.63, 3.8) is 0 Å². The van der Waals surface area contributed by atoms with Crippen LogP contribution in [0.3, 0.4) is 0 Å². The van der Waals surface area contributed by atoms with E-state index in [0.29, 0.717) is 12.8 Å². The maximum Gasteiger partial charge on any atom is 0.314 e. The SMILES string of the molecule is O=C(O)C1(c2ccc(O)c(F)c2O)CCCC1. The number of hydrogen-bond acceptors (Lipinski definition) is 3. The summed E-state index contributed by atoms with van der Waals surface area (Å²) in [5.74, 6) is -3.65. The number of phenolic OH excluding ortho intramolecular Hbond substituents is 2. The molecule has 0 amide bonds. The zero-order valence-corrected chi connectivity index (χ0v) is 9.11. The Hall–Kier alpha value is -1.78. The Labute approximate surface area is 97.3 Å². The number of phenols is 2. The van der Waals surface area contributed by atoms with Crippen molar-refractivity contribution in [3.8, 4) is 11.5 Å². The highest BCUT2D eigenvalue weighted by molar-refractivity contribution is 5.83. The number of rotatable bonds is 2. The lowest BCUT2D eigenvalue weighted by molar-refractivity contribution is -0.143. The van der Waals surface area contributed by atoms with Gasteiger partial charge in [-0.15, -0.1) is 0 Å². The van der Waals surface area contributed by atoms with E-state index in [0.717, 1.165) is 18.9 Å². The first-order chi connectivity index (χ1) is 7.99. The maximum absolute atomic E-state index is 13.4. The standard InChI is InChI=1S/C12H13FO4/c13-9-8(14)4-3-7(10(9)15)12(11(16)17)5-1-2-6-12/h3-4,14-15H,1-2,5-6H2,(H,16,17). The molecule has 0 bridgehead atoms. The molecule has 0 aliphatic heterocycles. The minimum Gasteiger partial charge on any atom is -0.505 e. The van der Waals surface area contributed by atoms with Crippen LogP contribution in [0.25, 0.3) is 0 Å². The largest absolute Gasteiger partial charge is 0.505 e. The van der Waals surface area contributed by atoms with Gasteiger partial charge in [0.05, 0.1) is 5.41 Å². The van der Waals surface area contributed by atoms with Crippen molar-refractivity contribution in [2.45, 2.75) is 31.1 Å². The number of aliphatic carboxylic acids is 1. The Morgan fingerprint density at radius 1 is 1.24 bits per heavy atom. The van der Waals surface area contributed by atoms with E-state index in [-0.39, 0.29) is 5.56 Å². The van der Waals surface area contributed by atoms with Crippen LogP contribution in [0, 0.1) is 5.82 Å². The van der Waals surface area contributed by atoms with Crippen LogP contribution in [-0.2, 0) is 10.2 Å². The first kappa shape index (κ1) is 11.7. The normalized spacial score (nSPS) is 18.2. The smallest absolute Gasteiger partial charge is 0.314 e. The van der Waals surface area contributed by atoms with E-state index >= 15 is 0 Å². The van der Waals surface area contributed by atoms with Gasteiger partial charge in [-0.05, 0) is 18.9 Å². The highest BCUT2D eigenvalue weighted by Gasteiger charge is 2.45.